The van der Waals surface area contributed by atoms with Crippen molar-refractivity contribution in [3.05, 3.63) is 41.1 Å². The molecule has 2 atom stereocenters. The molecule has 0 fully saturated rings. The Labute approximate surface area is 147 Å². The molecule has 0 radical (unpaired) electrons. The van der Waals surface area contributed by atoms with E-state index >= 15 is 0 Å². The summed E-state index contributed by atoms with van der Waals surface area (Å²) in [7, 11) is 2.64. The number of rotatable bonds is 5. The number of hydrogen-bond donors (Lipinski definition) is 0. The molecule has 0 spiro atoms. The van der Waals surface area contributed by atoms with Crippen LogP contribution in [0.5, 0.6) is 5.75 Å². The molecule has 1 aromatic rings. The first kappa shape index (κ1) is 18.7. The summed E-state index contributed by atoms with van der Waals surface area (Å²) in [5.74, 6) is -1.41. The van der Waals surface area contributed by atoms with Gasteiger partial charge in [-0.1, -0.05) is 12.1 Å². The SMILES string of the molecule is CCOc1ccc(C2C(C(=O)OC)=C(C)N=C(C)C2C(=O)OC)cc1. The van der Waals surface area contributed by atoms with E-state index in [0.29, 0.717) is 23.6 Å². The number of ether oxygens (including phenoxy) is 3. The highest BCUT2D eigenvalue weighted by Crippen LogP contribution is 2.40. The Morgan fingerprint density at radius 3 is 2.24 bits per heavy atom. The summed E-state index contributed by atoms with van der Waals surface area (Å²) >= 11 is 0. The average Bonchev–Trinajstić information content (AvgIpc) is 2.61. The number of benzene rings is 1. The zero-order chi connectivity index (χ0) is 18.6. The van der Waals surface area contributed by atoms with Gasteiger partial charge in [0.05, 0.1) is 26.4 Å². The van der Waals surface area contributed by atoms with E-state index in [9.17, 15) is 9.59 Å². The van der Waals surface area contributed by atoms with Gasteiger partial charge in [-0.3, -0.25) is 9.79 Å². The van der Waals surface area contributed by atoms with E-state index in [0.717, 1.165) is 11.3 Å². The second kappa shape index (κ2) is 7.96. The smallest absolute Gasteiger partial charge is 0.336 e. The van der Waals surface area contributed by atoms with E-state index in [4.69, 9.17) is 14.2 Å². The number of methoxy groups -OCH3 is 2. The number of esters is 2. The first-order valence-corrected chi connectivity index (χ1v) is 8.09. The Hall–Kier alpha value is -2.63. The summed E-state index contributed by atoms with van der Waals surface area (Å²) in [6.45, 7) is 5.97. The molecule has 1 aromatic carbocycles. The monoisotopic (exact) mass is 345 g/mol. The van der Waals surface area contributed by atoms with Crippen molar-refractivity contribution in [1.29, 1.82) is 0 Å². The average molecular weight is 345 g/mol. The lowest BCUT2D eigenvalue weighted by molar-refractivity contribution is -0.143. The van der Waals surface area contributed by atoms with Crippen LogP contribution in [0, 0.1) is 5.92 Å². The van der Waals surface area contributed by atoms with Crippen LogP contribution in [0.1, 0.15) is 32.3 Å². The molecule has 0 saturated heterocycles. The summed E-state index contributed by atoms with van der Waals surface area (Å²) in [6.07, 6.45) is 0. The molecule has 1 aliphatic rings. The number of allylic oxidation sites excluding steroid dienone is 1. The van der Waals surface area contributed by atoms with Gasteiger partial charge in [-0.2, -0.15) is 0 Å². The second-order valence-electron chi connectivity index (χ2n) is 5.72. The minimum atomic E-state index is -0.680. The van der Waals surface area contributed by atoms with Crippen molar-refractivity contribution in [1.82, 2.24) is 0 Å². The van der Waals surface area contributed by atoms with Gasteiger partial charge < -0.3 is 14.2 Å². The third-order valence-electron chi connectivity index (χ3n) is 4.24. The van der Waals surface area contributed by atoms with Gasteiger partial charge in [0.2, 0.25) is 0 Å². The number of aliphatic imine (C=N–C) groups is 1. The van der Waals surface area contributed by atoms with E-state index < -0.39 is 23.8 Å². The molecule has 0 N–H and O–H groups in total. The van der Waals surface area contributed by atoms with Gasteiger partial charge in [-0.05, 0) is 38.5 Å². The largest absolute Gasteiger partial charge is 0.494 e. The van der Waals surface area contributed by atoms with Crippen molar-refractivity contribution in [3.63, 3.8) is 0 Å². The van der Waals surface area contributed by atoms with Crippen LogP contribution in [0.15, 0.2) is 40.5 Å². The van der Waals surface area contributed by atoms with Crippen molar-refractivity contribution in [3.8, 4) is 5.75 Å². The molecule has 0 amide bonds. The minimum absolute atomic E-state index is 0.368. The molecular formula is C19H23NO5. The van der Waals surface area contributed by atoms with Crippen molar-refractivity contribution < 1.29 is 23.8 Å². The molecule has 2 rings (SSSR count). The van der Waals surface area contributed by atoms with Gasteiger partial charge in [-0.15, -0.1) is 0 Å². The van der Waals surface area contributed by atoms with Crippen LogP contribution >= 0.6 is 0 Å². The number of nitrogens with zero attached hydrogens (tertiary/aromatic N) is 1. The zero-order valence-electron chi connectivity index (χ0n) is 15.2. The van der Waals surface area contributed by atoms with Gasteiger partial charge >= 0.3 is 11.9 Å². The molecular weight excluding hydrogens is 322 g/mol. The molecule has 134 valence electrons. The van der Waals surface area contributed by atoms with E-state index in [1.165, 1.54) is 14.2 Å². The van der Waals surface area contributed by atoms with E-state index in [2.05, 4.69) is 4.99 Å². The fraction of sp³-hybridized carbons (Fsp3) is 0.421. The van der Waals surface area contributed by atoms with E-state index in [1.54, 1.807) is 13.8 Å². The number of hydrogen-bond acceptors (Lipinski definition) is 6. The fourth-order valence-electron chi connectivity index (χ4n) is 3.14. The van der Waals surface area contributed by atoms with Crippen molar-refractivity contribution >= 4 is 17.7 Å². The fourth-order valence-corrected chi connectivity index (χ4v) is 3.14. The van der Waals surface area contributed by atoms with Gasteiger partial charge in [0.15, 0.2) is 0 Å². The Morgan fingerprint density at radius 2 is 1.72 bits per heavy atom. The molecule has 6 nitrogen and oxygen atoms in total. The third-order valence-corrected chi connectivity index (χ3v) is 4.24. The zero-order valence-corrected chi connectivity index (χ0v) is 15.2. The highest BCUT2D eigenvalue weighted by atomic mass is 16.5. The van der Waals surface area contributed by atoms with Crippen LogP contribution in [-0.2, 0) is 19.1 Å². The Balaban J connectivity index is 2.57. The second-order valence-corrected chi connectivity index (χ2v) is 5.72. The molecule has 1 aliphatic heterocycles. The lowest BCUT2D eigenvalue weighted by atomic mass is 9.75. The number of carbonyl (C=O) groups excluding carboxylic acids is 2. The normalized spacial score (nSPS) is 20.0. The van der Waals surface area contributed by atoms with Crippen molar-refractivity contribution in [2.24, 2.45) is 10.9 Å². The van der Waals surface area contributed by atoms with E-state index in [-0.39, 0.29) is 0 Å². The Bertz CT molecular complexity index is 718. The maximum atomic E-state index is 12.4. The first-order chi connectivity index (χ1) is 11.9. The maximum absolute atomic E-state index is 12.4. The Morgan fingerprint density at radius 1 is 1.08 bits per heavy atom. The summed E-state index contributed by atoms with van der Waals surface area (Å²) in [5, 5.41) is 0. The van der Waals surface area contributed by atoms with Gasteiger partial charge in [0.25, 0.3) is 0 Å². The lowest BCUT2D eigenvalue weighted by Crippen LogP contribution is -2.36. The molecule has 0 saturated carbocycles. The van der Waals surface area contributed by atoms with Gasteiger partial charge in [0, 0.05) is 17.3 Å². The first-order valence-electron chi connectivity index (χ1n) is 8.09. The molecule has 0 aromatic heterocycles. The van der Waals surface area contributed by atoms with Gasteiger partial charge in [-0.25, -0.2) is 4.79 Å². The number of carbonyl (C=O) groups is 2. The molecule has 1 heterocycles. The van der Waals surface area contributed by atoms with Crippen LogP contribution < -0.4 is 4.74 Å². The van der Waals surface area contributed by atoms with Gasteiger partial charge in [0.1, 0.15) is 11.7 Å². The summed E-state index contributed by atoms with van der Waals surface area (Å²) in [4.78, 5) is 29.1. The highest BCUT2D eigenvalue weighted by molar-refractivity contribution is 6.06. The van der Waals surface area contributed by atoms with Crippen molar-refractivity contribution in [2.75, 3.05) is 20.8 Å². The van der Waals surface area contributed by atoms with E-state index in [1.807, 2.05) is 31.2 Å². The lowest BCUT2D eigenvalue weighted by Gasteiger charge is -2.31. The predicted octanol–water partition coefficient (Wildman–Crippen LogP) is 2.88. The predicted molar refractivity (Wildman–Crippen MR) is 93.7 cm³/mol. The molecule has 25 heavy (non-hydrogen) atoms. The molecule has 6 heteroatoms. The van der Waals surface area contributed by atoms with Crippen LogP contribution in [-0.4, -0.2) is 38.5 Å². The minimum Gasteiger partial charge on any atom is -0.494 e. The van der Waals surface area contributed by atoms with Crippen molar-refractivity contribution in [2.45, 2.75) is 26.7 Å². The summed E-state index contributed by atoms with van der Waals surface area (Å²) in [5.41, 5.74) is 2.32. The third kappa shape index (κ3) is 3.73. The van der Waals surface area contributed by atoms with Crippen LogP contribution in [0.3, 0.4) is 0 Å². The molecule has 2 unspecified atom stereocenters. The summed E-state index contributed by atoms with van der Waals surface area (Å²) in [6, 6.07) is 7.33. The quantitative estimate of drug-likeness (QED) is 0.767. The van der Waals surface area contributed by atoms with Crippen LogP contribution in [0.25, 0.3) is 0 Å². The molecule has 0 aliphatic carbocycles. The topological polar surface area (TPSA) is 74.2 Å². The highest BCUT2D eigenvalue weighted by Gasteiger charge is 2.41. The summed E-state index contributed by atoms with van der Waals surface area (Å²) < 4.78 is 15.3. The maximum Gasteiger partial charge on any atom is 0.336 e. The standard InChI is InChI=1S/C19H23NO5/c1-6-25-14-9-7-13(8-10-14)17-15(18(21)23-4)11(2)20-12(3)16(17)19(22)24-5/h7-10,15,17H,6H2,1-5H3. The Kier molecular flexibility index (Phi) is 5.96. The molecule has 0 bridgehead atoms. The van der Waals surface area contributed by atoms with Crippen LogP contribution in [0.2, 0.25) is 0 Å². The van der Waals surface area contributed by atoms with Crippen LogP contribution in [0.4, 0.5) is 0 Å².